The van der Waals surface area contributed by atoms with E-state index in [0.717, 1.165) is 29.4 Å². The third-order valence-corrected chi connectivity index (χ3v) is 5.17. The molecule has 1 atom stereocenters. The first-order valence-electron chi connectivity index (χ1n) is 9.30. The Balaban J connectivity index is 0.00000210. The minimum Gasteiger partial charge on any atom is -0.324 e. The number of carbonyl (C=O) groups excluding carboxylic acids is 1. The molecule has 6 heteroatoms. The largest absolute Gasteiger partial charge is 0.324 e. The average molecular weight is 385 g/mol. The lowest BCUT2D eigenvalue weighted by atomic mass is 10.0. The van der Waals surface area contributed by atoms with Gasteiger partial charge in [0.15, 0.2) is 0 Å². The van der Waals surface area contributed by atoms with E-state index < -0.39 is 0 Å². The van der Waals surface area contributed by atoms with Crippen LogP contribution in [0.5, 0.6) is 0 Å². The van der Waals surface area contributed by atoms with Crippen LogP contribution < -0.4 is 11.1 Å². The number of fused-ring (bicyclic) bond motifs is 1. The highest BCUT2D eigenvalue weighted by Gasteiger charge is 2.24. The second kappa shape index (κ2) is 8.55. The van der Waals surface area contributed by atoms with Crippen molar-refractivity contribution in [1.29, 1.82) is 0 Å². The van der Waals surface area contributed by atoms with Crippen LogP contribution in [-0.2, 0) is 4.79 Å². The Kier molecular flexibility index (Phi) is 6.14. The fraction of sp³-hybridized carbons (Fsp3) is 0.333. The van der Waals surface area contributed by atoms with Gasteiger partial charge in [-0.15, -0.1) is 12.4 Å². The van der Waals surface area contributed by atoms with Gasteiger partial charge in [0, 0.05) is 18.5 Å². The number of imidazole rings is 1. The van der Waals surface area contributed by atoms with Crippen molar-refractivity contribution in [2.24, 2.45) is 5.73 Å². The Morgan fingerprint density at radius 2 is 1.78 bits per heavy atom. The number of rotatable bonds is 5. The van der Waals surface area contributed by atoms with Crippen molar-refractivity contribution < 1.29 is 4.79 Å². The van der Waals surface area contributed by atoms with Gasteiger partial charge in [-0.25, -0.2) is 4.98 Å². The summed E-state index contributed by atoms with van der Waals surface area (Å²) in [5.74, 6) is 0.541. The van der Waals surface area contributed by atoms with Gasteiger partial charge in [0.2, 0.25) is 11.9 Å². The molecule has 1 aliphatic rings. The Morgan fingerprint density at radius 1 is 1.11 bits per heavy atom. The lowest BCUT2D eigenvalue weighted by molar-refractivity contribution is -0.116. The molecule has 3 N–H and O–H groups in total. The van der Waals surface area contributed by atoms with Gasteiger partial charge >= 0.3 is 0 Å². The van der Waals surface area contributed by atoms with Gasteiger partial charge in [-0.05, 0) is 30.5 Å². The number of nitrogens with two attached hydrogens (primary N) is 1. The van der Waals surface area contributed by atoms with Crippen molar-refractivity contribution in [2.45, 2.75) is 44.2 Å². The fourth-order valence-electron chi connectivity index (χ4n) is 3.86. The molecule has 0 radical (unpaired) electrons. The van der Waals surface area contributed by atoms with Crippen LogP contribution in [0.4, 0.5) is 5.95 Å². The van der Waals surface area contributed by atoms with E-state index in [1.54, 1.807) is 0 Å². The van der Waals surface area contributed by atoms with Gasteiger partial charge in [0.05, 0.1) is 11.0 Å². The molecule has 1 unspecified atom stereocenters. The first-order valence-corrected chi connectivity index (χ1v) is 9.30. The standard InChI is InChI=1S/C21H24N4O.ClH/c22-17(15-8-2-1-3-9-15)14-20(26)24-21-23-18-12-6-7-13-19(18)25(21)16-10-4-5-11-16;/h1-3,6-9,12-13,16-17H,4-5,10-11,14,22H2,(H,23,24,26);1H. The number of anilines is 1. The van der Waals surface area contributed by atoms with Crippen LogP contribution in [0.25, 0.3) is 11.0 Å². The molecular weight excluding hydrogens is 360 g/mol. The Hall–Kier alpha value is -2.37. The maximum atomic E-state index is 12.6. The molecule has 142 valence electrons. The van der Waals surface area contributed by atoms with Crippen LogP contribution in [0.1, 0.15) is 49.8 Å². The fourth-order valence-corrected chi connectivity index (χ4v) is 3.86. The van der Waals surface area contributed by atoms with Gasteiger partial charge in [0.25, 0.3) is 0 Å². The molecule has 4 rings (SSSR count). The zero-order valence-corrected chi connectivity index (χ0v) is 16.0. The first-order chi connectivity index (χ1) is 12.7. The highest BCUT2D eigenvalue weighted by atomic mass is 35.5. The van der Waals surface area contributed by atoms with Crippen molar-refractivity contribution in [3.05, 3.63) is 60.2 Å². The molecule has 27 heavy (non-hydrogen) atoms. The van der Waals surface area contributed by atoms with Crippen molar-refractivity contribution in [2.75, 3.05) is 5.32 Å². The Morgan fingerprint density at radius 3 is 2.52 bits per heavy atom. The van der Waals surface area contributed by atoms with E-state index in [1.165, 1.54) is 12.8 Å². The van der Waals surface area contributed by atoms with Gasteiger partial charge in [-0.2, -0.15) is 0 Å². The molecule has 3 aromatic rings. The molecule has 1 aromatic heterocycles. The number of halogens is 1. The number of benzene rings is 2. The van der Waals surface area contributed by atoms with E-state index in [9.17, 15) is 4.79 Å². The topological polar surface area (TPSA) is 72.9 Å². The predicted molar refractivity (Wildman–Crippen MR) is 111 cm³/mol. The third-order valence-electron chi connectivity index (χ3n) is 5.17. The monoisotopic (exact) mass is 384 g/mol. The second-order valence-corrected chi connectivity index (χ2v) is 7.00. The number of aromatic nitrogens is 2. The summed E-state index contributed by atoms with van der Waals surface area (Å²) in [4.78, 5) is 17.3. The smallest absolute Gasteiger partial charge is 0.228 e. The van der Waals surface area contributed by atoms with Crippen molar-refractivity contribution in [3.63, 3.8) is 0 Å². The summed E-state index contributed by atoms with van der Waals surface area (Å²) in [6.07, 6.45) is 4.95. The highest BCUT2D eigenvalue weighted by Crippen LogP contribution is 2.35. The third kappa shape index (κ3) is 4.15. The normalized spacial score (nSPS) is 15.4. The van der Waals surface area contributed by atoms with Crippen LogP contribution in [-0.4, -0.2) is 15.5 Å². The molecule has 0 spiro atoms. The van der Waals surface area contributed by atoms with Crippen LogP contribution in [0.15, 0.2) is 54.6 Å². The van der Waals surface area contributed by atoms with Gasteiger partial charge in [0.1, 0.15) is 0 Å². The molecule has 1 saturated carbocycles. The van der Waals surface area contributed by atoms with E-state index in [2.05, 4.69) is 20.9 Å². The number of hydrogen-bond donors (Lipinski definition) is 2. The second-order valence-electron chi connectivity index (χ2n) is 7.00. The number of nitrogens with zero attached hydrogens (tertiary/aromatic N) is 2. The maximum Gasteiger partial charge on any atom is 0.228 e. The molecule has 1 fully saturated rings. The van der Waals surface area contributed by atoms with Crippen LogP contribution in [0.2, 0.25) is 0 Å². The van der Waals surface area contributed by atoms with Crippen molar-refractivity contribution >= 4 is 35.3 Å². The highest BCUT2D eigenvalue weighted by molar-refractivity contribution is 5.92. The van der Waals surface area contributed by atoms with Gasteiger partial charge < -0.3 is 10.3 Å². The summed E-state index contributed by atoms with van der Waals surface area (Å²) < 4.78 is 2.20. The number of hydrogen-bond acceptors (Lipinski definition) is 3. The summed E-state index contributed by atoms with van der Waals surface area (Å²) >= 11 is 0. The summed E-state index contributed by atoms with van der Waals surface area (Å²) in [7, 11) is 0. The molecule has 5 nitrogen and oxygen atoms in total. The molecule has 1 heterocycles. The average Bonchev–Trinajstić information content (AvgIpc) is 3.29. The molecular formula is C21H25ClN4O. The summed E-state index contributed by atoms with van der Waals surface area (Å²) in [6, 6.07) is 17.9. The van der Waals surface area contributed by atoms with E-state index in [4.69, 9.17) is 5.73 Å². The van der Waals surface area contributed by atoms with E-state index in [0.29, 0.717) is 12.0 Å². The molecule has 0 aliphatic heterocycles. The molecule has 1 amide bonds. The minimum absolute atomic E-state index is 0. The Labute approximate surface area is 165 Å². The lowest BCUT2D eigenvalue weighted by Gasteiger charge is -2.17. The van der Waals surface area contributed by atoms with Crippen LogP contribution >= 0.6 is 12.4 Å². The summed E-state index contributed by atoms with van der Waals surface area (Å²) in [5, 5.41) is 3.01. The predicted octanol–water partition coefficient (Wildman–Crippen LogP) is 4.60. The maximum absolute atomic E-state index is 12.6. The zero-order valence-electron chi connectivity index (χ0n) is 15.2. The van der Waals surface area contributed by atoms with Crippen LogP contribution in [0, 0.1) is 0 Å². The number of para-hydroxylation sites is 2. The molecule has 1 aliphatic carbocycles. The van der Waals surface area contributed by atoms with E-state index in [-0.39, 0.29) is 30.8 Å². The first kappa shape index (κ1) is 19.4. The van der Waals surface area contributed by atoms with Crippen LogP contribution in [0.3, 0.4) is 0 Å². The van der Waals surface area contributed by atoms with Crippen molar-refractivity contribution in [3.8, 4) is 0 Å². The van der Waals surface area contributed by atoms with Gasteiger partial charge in [-0.1, -0.05) is 55.3 Å². The quantitative estimate of drug-likeness (QED) is 0.675. The minimum atomic E-state index is -0.319. The molecule has 0 saturated heterocycles. The van der Waals surface area contributed by atoms with E-state index in [1.807, 2.05) is 48.5 Å². The SMILES string of the molecule is Cl.NC(CC(=O)Nc1nc2ccccc2n1C1CCCC1)c1ccccc1. The summed E-state index contributed by atoms with van der Waals surface area (Å²) in [5.41, 5.74) is 9.17. The van der Waals surface area contributed by atoms with E-state index >= 15 is 0 Å². The number of amides is 1. The number of carbonyl (C=O) groups is 1. The molecule has 2 aromatic carbocycles. The number of nitrogens with one attached hydrogen (secondary N) is 1. The summed E-state index contributed by atoms with van der Waals surface area (Å²) in [6.45, 7) is 0. The zero-order chi connectivity index (χ0) is 17.9. The van der Waals surface area contributed by atoms with Gasteiger partial charge in [-0.3, -0.25) is 10.1 Å². The van der Waals surface area contributed by atoms with Crippen molar-refractivity contribution in [1.82, 2.24) is 9.55 Å². The Bertz CT molecular complexity index is 903. The lowest BCUT2D eigenvalue weighted by Crippen LogP contribution is -2.22. The molecule has 0 bridgehead atoms.